The highest BCUT2D eigenvalue weighted by molar-refractivity contribution is 5.76. The van der Waals surface area contributed by atoms with E-state index in [1.807, 2.05) is 6.08 Å². The first kappa shape index (κ1) is 93.9. The number of allylic oxidation sites excluding steroid dienone is 15. The number of carbonyl (C=O) groups excluding carboxylic acids is 1. The summed E-state index contributed by atoms with van der Waals surface area (Å²) in [5.74, 6) is -0.294. The van der Waals surface area contributed by atoms with Gasteiger partial charge in [0, 0.05) is 6.42 Å². The van der Waals surface area contributed by atoms with Gasteiger partial charge in [0.1, 0.15) is 73.2 Å². The molecule has 17 atom stereocenters. The number of aliphatic hydroxyl groups excluding tert-OH is 11. The zero-order chi connectivity index (χ0) is 74.6. The lowest BCUT2D eigenvalue weighted by molar-refractivity contribution is -0.379. The monoisotopic (exact) mass is 1460 g/mol. The van der Waals surface area contributed by atoms with Crippen LogP contribution in [0.3, 0.4) is 0 Å². The molecule has 3 aliphatic rings. The van der Waals surface area contributed by atoms with Crippen molar-refractivity contribution in [2.45, 2.75) is 401 Å². The Bertz CT molecular complexity index is 2240. The Morgan fingerprint density at radius 3 is 1.09 bits per heavy atom. The van der Waals surface area contributed by atoms with Gasteiger partial charge >= 0.3 is 0 Å². The zero-order valence-corrected chi connectivity index (χ0v) is 63.8. The highest BCUT2D eigenvalue weighted by atomic mass is 16.8. The van der Waals surface area contributed by atoms with Crippen molar-refractivity contribution < 1.29 is 89.4 Å². The molecular formula is C84H147NO18. The molecule has 3 heterocycles. The third-order valence-corrected chi connectivity index (χ3v) is 19.8. The number of aliphatic hydroxyl groups is 11. The summed E-state index contributed by atoms with van der Waals surface area (Å²) in [7, 11) is 0. The molecule has 1 amide bonds. The molecule has 3 rings (SSSR count). The van der Waals surface area contributed by atoms with E-state index in [4.69, 9.17) is 28.4 Å². The van der Waals surface area contributed by atoms with Crippen LogP contribution < -0.4 is 5.32 Å². The summed E-state index contributed by atoms with van der Waals surface area (Å²) < 4.78 is 34.4. The summed E-state index contributed by atoms with van der Waals surface area (Å²) in [6, 6.07) is -1.01. The third kappa shape index (κ3) is 43.5. The van der Waals surface area contributed by atoms with Crippen LogP contribution in [0.15, 0.2) is 97.2 Å². The molecule has 3 fully saturated rings. The number of hydrogen-bond acceptors (Lipinski definition) is 18. The largest absolute Gasteiger partial charge is 0.394 e. The maximum atomic E-state index is 13.5. The zero-order valence-electron chi connectivity index (χ0n) is 63.8. The predicted molar refractivity (Wildman–Crippen MR) is 411 cm³/mol. The molecule has 0 radical (unpaired) electrons. The van der Waals surface area contributed by atoms with Crippen LogP contribution in [0.25, 0.3) is 0 Å². The van der Waals surface area contributed by atoms with Crippen molar-refractivity contribution in [2.24, 2.45) is 0 Å². The Labute approximate surface area is 622 Å². The second-order valence-electron chi connectivity index (χ2n) is 28.8. The molecule has 0 spiro atoms. The van der Waals surface area contributed by atoms with Gasteiger partial charge in [-0.05, 0) is 89.9 Å². The Morgan fingerprint density at radius 2 is 0.680 bits per heavy atom. The molecule has 103 heavy (non-hydrogen) atoms. The molecular weight excluding hydrogens is 1310 g/mol. The van der Waals surface area contributed by atoms with Crippen LogP contribution in [0.2, 0.25) is 0 Å². The van der Waals surface area contributed by atoms with Crippen molar-refractivity contribution in [2.75, 3.05) is 26.4 Å². The van der Waals surface area contributed by atoms with Crippen LogP contribution in [-0.4, -0.2) is 193 Å². The lowest BCUT2D eigenvalue weighted by Gasteiger charge is -2.48. The van der Waals surface area contributed by atoms with E-state index >= 15 is 0 Å². The third-order valence-electron chi connectivity index (χ3n) is 19.8. The molecule has 0 aromatic rings. The van der Waals surface area contributed by atoms with Gasteiger partial charge in [-0.1, -0.05) is 297 Å². The first-order chi connectivity index (χ1) is 50.3. The SMILES string of the molecule is CC/C=C\C/C=C\C/C=C\C/C=C\C/C=C\CCCCCCCCCCCCCC(=O)NC(COC1OC(CO)C(OC2OC(CO)C(OC3OC(CO)C(O)C(O)C3O)C(O)C2O)C(O)C1O)C(O)/C=C/CC/C=C/CC/C=C/CCCCCCCCCCCCCCCCCCCCCCC. The summed E-state index contributed by atoms with van der Waals surface area (Å²) in [5, 5.41) is 121. The average molecular weight is 1460 g/mol. The molecule has 19 heteroatoms. The number of ether oxygens (including phenoxy) is 6. The highest BCUT2D eigenvalue weighted by Crippen LogP contribution is 2.33. The second-order valence-corrected chi connectivity index (χ2v) is 28.8. The number of nitrogens with one attached hydrogen (secondary N) is 1. The average Bonchev–Trinajstić information content (AvgIpc) is 0.781. The van der Waals surface area contributed by atoms with Gasteiger partial charge in [0.15, 0.2) is 18.9 Å². The smallest absolute Gasteiger partial charge is 0.220 e. The van der Waals surface area contributed by atoms with Crippen LogP contribution >= 0.6 is 0 Å². The summed E-state index contributed by atoms with van der Waals surface area (Å²) in [5.41, 5.74) is 0. The Balaban J connectivity index is 1.39. The van der Waals surface area contributed by atoms with Crippen molar-refractivity contribution in [1.29, 1.82) is 0 Å². The standard InChI is InChI=1S/C84H147NO18/c1-3-5-7-9-11-13-15-17-19-21-23-25-27-29-31-32-33-34-36-37-39-41-43-45-47-49-51-53-55-57-59-61-68(89)67(85-72(90)62-60-58-56-54-52-50-48-46-44-42-40-38-35-30-28-26-24-22-20-18-16-14-12-10-8-6-4-2)66-98-82-78(96)75(93)80(70(64-87)100-82)103-84-79(97)76(94)81(71(65-88)101-84)102-83-77(95)74(92)73(91)69(63-86)99-83/h6,8,12,14,18,20,24,26,30,35,43,45,51,53,59,61,67-71,73-84,86-89,91-97H,3-5,7,9-11,13,15-17,19,21-23,25,27-29,31-34,36-42,44,46-50,52,54-58,60,62-66H2,1-2H3,(H,85,90)/b8-6-,14-12-,20-18-,26-24-,35-30-,45-43+,53-51+,61-59+. The number of rotatable bonds is 64. The number of amides is 1. The van der Waals surface area contributed by atoms with E-state index in [9.17, 15) is 61.0 Å². The summed E-state index contributed by atoms with van der Waals surface area (Å²) >= 11 is 0. The van der Waals surface area contributed by atoms with Gasteiger partial charge in [-0.2, -0.15) is 0 Å². The van der Waals surface area contributed by atoms with Crippen LogP contribution in [0.1, 0.15) is 296 Å². The van der Waals surface area contributed by atoms with Gasteiger partial charge in [0.2, 0.25) is 5.91 Å². The molecule has 0 aliphatic carbocycles. The maximum Gasteiger partial charge on any atom is 0.220 e. The first-order valence-electron chi connectivity index (χ1n) is 41.0. The molecule has 0 aromatic carbocycles. The van der Waals surface area contributed by atoms with Gasteiger partial charge in [-0.3, -0.25) is 4.79 Å². The van der Waals surface area contributed by atoms with E-state index in [1.165, 1.54) is 173 Å². The van der Waals surface area contributed by atoms with Crippen LogP contribution in [0.4, 0.5) is 0 Å². The molecule has 0 aromatic heterocycles. The summed E-state index contributed by atoms with van der Waals surface area (Å²) in [4.78, 5) is 13.5. The molecule has 12 N–H and O–H groups in total. The number of hydrogen-bond donors (Lipinski definition) is 12. The molecule has 3 saturated heterocycles. The molecule has 596 valence electrons. The minimum absolute atomic E-state index is 0.223. The normalized spacial score (nSPS) is 26.6. The fourth-order valence-corrected chi connectivity index (χ4v) is 13.3. The second kappa shape index (κ2) is 63.6. The van der Waals surface area contributed by atoms with Gasteiger partial charge in [0.05, 0.1) is 38.6 Å². The van der Waals surface area contributed by atoms with E-state index in [0.29, 0.717) is 12.8 Å². The lowest BCUT2D eigenvalue weighted by atomic mass is 9.96. The van der Waals surface area contributed by atoms with Crippen molar-refractivity contribution in [1.82, 2.24) is 5.32 Å². The number of carbonyl (C=O) groups is 1. The maximum absolute atomic E-state index is 13.5. The van der Waals surface area contributed by atoms with E-state index < -0.39 is 124 Å². The Kier molecular flexibility index (Phi) is 58.0. The lowest BCUT2D eigenvalue weighted by Crippen LogP contribution is -2.66. The van der Waals surface area contributed by atoms with E-state index in [1.54, 1.807) is 6.08 Å². The highest BCUT2D eigenvalue weighted by Gasteiger charge is 2.54. The molecule has 17 unspecified atom stereocenters. The van der Waals surface area contributed by atoms with E-state index in [2.05, 4.69) is 104 Å². The fraction of sp³-hybridized carbons (Fsp3) is 0.798. The minimum Gasteiger partial charge on any atom is -0.394 e. The minimum atomic E-state index is -1.99. The predicted octanol–water partition coefficient (Wildman–Crippen LogP) is 14.0. The van der Waals surface area contributed by atoms with E-state index in [-0.39, 0.29) is 18.9 Å². The van der Waals surface area contributed by atoms with Crippen LogP contribution in [0.5, 0.6) is 0 Å². The summed E-state index contributed by atoms with van der Waals surface area (Å²) in [6.07, 6.45) is 59.7. The first-order valence-corrected chi connectivity index (χ1v) is 41.0. The van der Waals surface area contributed by atoms with Gasteiger partial charge < -0.3 is 89.9 Å². The molecule has 0 bridgehead atoms. The van der Waals surface area contributed by atoms with Crippen molar-refractivity contribution in [3.63, 3.8) is 0 Å². The molecule has 0 saturated carbocycles. The summed E-state index contributed by atoms with van der Waals surface area (Å²) in [6.45, 7) is 1.62. The van der Waals surface area contributed by atoms with Crippen LogP contribution in [-0.2, 0) is 33.2 Å². The van der Waals surface area contributed by atoms with Crippen LogP contribution in [0, 0.1) is 0 Å². The molecule has 19 nitrogen and oxygen atoms in total. The van der Waals surface area contributed by atoms with E-state index in [0.717, 1.165) is 89.9 Å². The Morgan fingerprint density at radius 1 is 0.359 bits per heavy atom. The topological polar surface area (TPSA) is 307 Å². The fourth-order valence-electron chi connectivity index (χ4n) is 13.3. The number of unbranched alkanes of at least 4 members (excludes halogenated alkanes) is 34. The van der Waals surface area contributed by atoms with Crippen molar-refractivity contribution in [3.05, 3.63) is 97.2 Å². The van der Waals surface area contributed by atoms with Crippen molar-refractivity contribution in [3.8, 4) is 0 Å². The van der Waals surface area contributed by atoms with Gasteiger partial charge in [-0.15, -0.1) is 0 Å². The van der Waals surface area contributed by atoms with Gasteiger partial charge in [-0.25, -0.2) is 0 Å². The molecule has 3 aliphatic heterocycles. The van der Waals surface area contributed by atoms with Gasteiger partial charge in [0.25, 0.3) is 0 Å². The van der Waals surface area contributed by atoms with Crippen molar-refractivity contribution >= 4 is 5.91 Å². The quantitative estimate of drug-likeness (QED) is 0.0199. The Hall–Kier alpha value is -3.29.